The van der Waals surface area contributed by atoms with Crippen LogP contribution in [0.5, 0.6) is 5.75 Å². The number of amides is 1. The van der Waals surface area contributed by atoms with Crippen LogP contribution in [0.1, 0.15) is 28.1 Å². The molecule has 3 rings (SSSR count). The molecule has 20 heavy (non-hydrogen) atoms. The van der Waals surface area contributed by atoms with Gasteiger partial charge in [0.15, 0.2) is 0 Å². The monoisotopic (exact) mass is 291 g/mol. The van der Waals surface area contributed by atoms with Crippen LogP contribution in [0.25, 0.3) is 0 Å². The lowest BCUT2D eigenvalue weighted by molar-refractivity contribution is 0.0728. The number of hydrogen-bond acceptors (Lipinski definition) is 3. The van der Waals surface area contributed by atoms with E-state index in [-0.39, 0.29) is 23.3 Å². The van der Waals surface area contributed by atoms with Crippen LogP contribution < -0.4 is 0 Å². The number of phenolic OH excluding ortho intramolecular Hbond substituents is 1. The lowest BCUT2D eigenvalue weighted by Crippen LogP contribution is -2.32. The SMILES string of the molecule is O=C(c1cc(F)ccc1O)N(Cc1cccs1)C1CC1. The van der Waals surface area contributed by atoms with E-state index in [2.05, 4.69) is 0 Å². The molecule has 0 saturated heterocycles. The van der Waals surface area contributed by atoms with E-state index >= 15 is 0 Å². The molecular formula is C15H14FNO2S. The Labute approximate surface area is 120 Å². The van der Waals surface area contributed by atoms with E-state index in [4.69, 9.17) is 0 Å². The number of rotatable bonds is 4. The van der Waals surface area contributed by atoms with Crippen molar-refractivity contribution in [3.8, 4) is 5.75 Å². The molecule has 0 aliphatic heterocycles. The maximum atomic E-state index is 13.3. The standard InChI is InChI=1S/C15H14FNO2S/c16-10-3-6-14(18)13(8-10)15(19)17(11-4-5-11)9-12-2-1-7-20-12/h1-3,6-8,11,18H,4-5,9H2. The first-order chi connectivity index (χ1) is 9.65. The van der Waals surface area contributed by atoms with Crippen molar-refractivity contribution in [3.63, 3.8) is 0 Å². The van der Waals surface area contributed by atoms with Crippen molar-refractivity contribution >= 4 is 17.2 Å². The van der Waals surface area contributed by atoms with Gasteiger partial charge in [0.25, 0.3) is 5.91 Å². The topological polar surface area (TPSA) is 40.5 Å². The Bertz CT molecular complexity index is 623. The zero-order valence-electron chi connectivity index (χ0n) is 10.8. The highest BCUT2D eigenvalue weighted by molar-refractivity contribution is 7.09. The number of carbonyl (C=O) groups excluding carboxylic acids is 1. The van der Waals surface area contributed by atoms with Gasteiger partial charge in [0.2, 0.25) is 0 Å². The maximum absolute atomic E-state index is 13.3. The van der Waals surface area contributed by atoms with Gasteiger partial charge in [0.05, 0.1) is 12.1 Å². The van der Waals surface area contributed by atoms with Gasteiger partial charge in [-0.1, -0.05) is 6.07 Å². The molecule has 1 aliphatic rings. The highest BCUT2D eigenvalue weighted by atomic mass is 32.1. The normalized spacial score (nSPS) is 14.2. The molecule has 1 aliphatic carbocycles. The molecule has 2 aromatic rings. The molecule has 1 aromatic heterocycles. The minimum Gasteiger partial charge on any atom is -0.507 e. The number of hydrogen-bond donors (Lipinski definition) is 1. The summed E-state index contributed by atoms with van der Waals surface area (Å²) >= 11 is 1.59. The Morgan fingerprint density at radius 2 is 2.20 bits per heavy atom. The summed E-state index contributed by atoms with van der Waals surface area (Å²) in [6.07, 6.45) is 1.93. The second-order valence-electron chi connectivity index (χ2n) is 4.91. The van der Waals surface area contributed by atoms with E-state index in [9.17, 15) is 14.3 Å². The summed E-state index contributed by atoms with van der Waals surface area (Å²) < 4.78 is 13.3. The Balaban J connectivity index is 1.87. The van der Waals surface area contributed by atoms with E-state index < -0.39 is 5.82 Å². The summed E-state index contributed by atoms with van der Waals surface area (Å²) in [5.41, 5.74) is 0.0356. The molecule has 1 amide bonds. The molecule has 5 heteroatoms. The summed E-state index contributed by atoms with van der Waals surface area (Å²) in [6.45, 7) is 0.511. The second kappa shape index (κ2) is 5.25. The third-order valence-electron chi connectivity index (χ3n) is 3.34. The van der Waals surface area contributed by atoms with Crippen molar-refractivity contribution in [1.82, 2.24) is 4.90 Å². The molecule has 0 radical (unpaired) electrons. The number of phenols is 1. The molecule has 0 unspecified atom stereocenters. The number of nitrogens with zero attached hydrogens (tertiary/aromatic N) is 1. The number of thiophene rings is 1. The molecule has 1 N–H and O–H groups in total. The Kier molecular flexibility index (Phi) is 3.44. The maximum Gasteiger partial charge on any atom is 0.258 e. The van der Waals surface area contributed by atoms with Gasteiger partial charge in [0, 0.05) is 10.9 Å². The van der Waals surface area contributed by atoms with Crippen molar-refractivity contribution in [1.29, 1.82) is 0 Å². The fraction of sp³-hybridized carbons (Fsp3) is 0.267. The van der Waals surface area contributed by atoms with Crippen LogP contribution in [0.3, 0.4) is 0 Å². The van der Waals surface area contributed by atoms with Crippen LogP contribution in [0.15, 0.2) is 35.7 Å². The zero-order valence-corrected chi connectivity index (χ0v) is 11.6. The van der Waals surface area contributed by atoms with Gasteiger partial charge >= 0.3 is 0 Å². The van der Waals surface area contributed by atoms with Crippen molar-refractivity contribution in [2.75, 3.05) is 0 Å². The molecule has 3 nitrogen and oxygen atoms in total. The quantitative estimate of drug-likeness (QED) is 0.938. The predicted molar refractivity (Wildman–Crippen MR) is 75.3 cm³/mol. The van der Waals surface area contributed by atoms with Gasteiger partial charge < -0.3 is 10.0 Å². The number of benzene rings is 1. The minimum atomic E-state index is -0.516. The van der Waals surface area contributed by atoms with Crippen molar-refractivity contribution in [3.05, 3.63) is 52.0 Å². The first-order valence-electron chi connectivity index (χ1n) is 6.47. The van der Waals surface area contributed by atoms with E-state index in [1.165, 1.54) is 6.07 Å². The summed E-state index contributed by atoms with van der Waals surface area (Å²) in [4.78, 5) is 15.3. The minimum absolute atomic E-state index is 0.0356. The van der Waals surface area contributed by atoms with Crippen molar-refractivity contribution in [2.24, 2.45) is 0 Å². The van der Waals surface area contributed by atoms with Gasteiger partial charge in [-0.05, 0) is 42.5 Å². The van der Waals surface area contributed by atoms with Crippen LogP contribution in [-0.2, 0) is 6.54 Å². The van der Waals surface area contributed by atoms with E-state index in [0.29, 0.717) is 6.54 Å². The Morgan fingerprint density at radius 1 is 1.40 bits per heavy atom. The number of aromatic hydroxyl groups is 1. The van der Waals surface area contributed by atoms with Gasteiger partial charge in [-0.25, -0.2) is 4.39 Å². The molecule has 1 fully saturated rings. The largest absolute Gasteiger partial charge is 0.507 e. The molecule has 1 saturated carbocycles. The summed E-state index contributed by atoms with van der Waals surface area (Å²) in [5, 5.41) is 11.7. The average molecular weight is 291 g/mol. The Morgan fingerprint density at radius 3 is 2.85 bits per heavy atom. The van der Waals surface area contributed by atoms with E-state index in [1.807, 2.05) is 17.5 Å². The van der Waals surface area contributed by atoms with Crippen molar-refractivity contribution < 1.29 is 14.3 Å². The van der Waals surface area contributed by atoms with Crippen molar-refractivity contribution in [2.45, 2.75) is 25.4 Å². The van der Waals surface area contributed by atoms with Gasteiger partial charge in [0.1, 0.15) is 11.6 Å². The Hall–Kier alpha value is -1.88. The van der Waals surface area contributed by atoms with E-state index in [1.54, 1.807) is 16.2 Å². The molecular weight excluding hydrogens is 277 g/mol. The number of carbonyl (C=O) groups is 1. The lowest BCUT2D eigenvalue weighted by Gasteiger charge is -2.22. The molecule has 104 valence electrons. The second-order valence-corrected chi connectivity index (χ2v) is 5.94. The summed E-state index contributed by atoms with van der Waals surface area (Å²) in [6, 6.07) is 7.58. The van der Waals surface area contributed by atoms with Crippen LogP contribution in [-0.4, -0.2) is 22.0 Å². The third kappa shape index (κ3) is 2.67. The third-order valence-corrected chi connectivity index (χ3v) is 4.20. The number of halogens is 1. The summed E-state index contributed by atoms with van der Waals surface area (Å²) in [7, 11) is 0. The molecule has 0 bridgehead atoms. The average Bonchev–Trinajstić information content (AvgIpc) is 3.15. The van der Waals surface area contributed by atoms with Crippen LogP contribution in [0.2, 0.25) is 0 Å². The van der Waals surface area contributed by atoms with Gasteiger partial charge in [-0.2, -0.15) is 0 Å². The van der Waals surface area contributed by atoms with E-state index in [0.717, 1.165) is 29.9 Å². The lowest BCUT2D eigenvalue weighted by atomic mass is 10.1. The van der Waals surface area contributed by atoms with Crippen LogP contribution in [0.4, 0.5) is 4.39 Å². The van der Waals surface area contributed by atoms with Gasteiger partial charge in [-0.15, -0.1) is 11.3 Å². The molecule has 0 atom stereocenters. The smallest absolute Gasteiger partial charge is 0.258 e. The first kappa shape index (κ1) is 13.1. The molecule has 1 heterocycles. The predicted octanol–water partition coefficient (Wildman–Crippen LogP) is 3.40. The first-order valence-corrected chi connectivity index (χ1v) is 7.35. The van der Waals surface area contributed by atoms with Crippen LogP contribution >= 0.6 is 11.3 Å². The highest BCUT2D eigenvalue weighted by Crippen LogP contribution is 2.32. The fourth-order valence-corrected chi connectivity index (χ4v) is 2.86. The molecule has 1 aromatic carbocycles. The summed E-state index contributed by atoms with van der Waals surface area (Å²) in [5.74, 6) is -0.996. The van der Waals surface area contributed by atoms with Gasteiger partial charge in [-0.3, -0.25) is 4.79 Å². The molecule has 0 spiro atoms. The zero-order chi connectivity index (χ0) is 14.1. The fourth-order valence-electron chi connectivity index (χ4n) is 2.16. The van der Waals surface area contributed by atoms with Crippen LogP contribution in [0, 0.1) is 5.82 Å². The highest BCUT2D eigenvalue weighted by Gasteiger charge is 2.34.